The molecule has 11 nitrogen and oxygen atoms in total. The van der Waals surface area contributed by atoms with Crippen LogP contribution in [-0.4, -0.2) is 46.3 Å². The van der Waals surface area contributed by atoms with Gasteiger partial charge in [0.1, 0.15) is 16.1 Å². The van der Waals surface area contributed by atoms with Gasteiger partial charge in [0, 0.05) is 0 Å². The maximum absolute atomic E-state index is 11.5. The molecule has 1 aliphatic heterocycles. The first-order valence-electron chi connectivity index (χ1n) is 5.12. The molecule has 1 aromatic rings. The summed E-state index contributed by atoms with van der Waals surface area (Å²) < 4.78 is 48.7. The highest BCUT2D eigenvalue weighted by atomic mass is 35.5. The van der Waals surface area contributed by atoms with E-state index in [0.29, 0.717) is 0 Å². The van der Waals surface area contributed by atoms with E-state index in [1.165, 1.54) is 6.07 Å². The molecule has 14 heteroatoms. The van der Waals surface area contributed by atoms with Gasteiger partial charge in [0.25, 0.3) is 23.0 Å². The normalized spacial score (nSPS) is 13.8. The van der Waals surface area contributed by atoms with Crippen LogP contribution in [0, 0.1) is 0 Å². The highest BCUT2D eigenvalue weighted by molar-refractivity contribution is 7.91. The van der Waals surface area contributed by atoms with Crippen LogP contribution in [0.4, 0.5) is 5.69 Å². The molecule has 0 aliphatic carbocycles. The lowest BCUT2D eigenvalue weighted by Gasteiger charge is -2.14. The van der Waals surface area contributed by atoms with Crippen molar-refractivity contribution in [3.8, 4) is 0 Å². The summed E-state index contributed by atoms with van der Waals surface area (Å²) in [6.07, 6.45) is 0.977. The Hall–Kier alpha value is -2.22. The molecule has 0 unspecified atom stereocenters. The first-order valence-corrected chi connectivity index (χ1v) is 8.49. The van der Waals surface area contributed by atoms with Crippen molar-refractivity contribution in [1.29, 1.82) is 0 Å². The number of nitrogens with zero attached hydrogens (tertiary/aromatic N) is 1. The van der Waals surface area contributed by atoms with E-state index in [2.05, 4.69) is 9.71 Å². The van der Waals surface area contributed by atoms with E-state index in [9.17, 15) is 16.8 Å². The van der Waals surface area contributed by atoms with Gasteiger partial charge >= 0.3 is 0 Å². The molecule has 5 N–H and O–H groups in total. The van der Waals surface area contributed by atoms with Gasteiger partial charge in [-0.05, 0) is 12.1 Å². The molecule has 1 heterocycles. The maximum atomic E-state index is 11.5. The molecule has 1 aromatic carbocycles. The summed E-state index contributed by atoms with van der Waals surface area (Å²) in [5.74, 6) is 0. The lowest BCUT2D eigenvalue weighted by molar-refractivity contribution is -0.123. The molecule has 0 radical (unpaired) electrons. The standard InChI is InChI=1S/C7H6ClN3O4S2.2CH2O2/c8-4-1-5-7(2-6(4)16(9,12)13)17(14,15)11-3-10-5;2*2-1-3/h1-3H,(H,10,11)(H2,9,12,13);2*1H,(H,2,3). The predicted molar refractivity (Wildman–Crippen MR) is 79.5 cm³/mol. The van der Waals surface area contributed by atoms with Crippen molar-refractivity contribution in [3.05, 3.63) is 17.2 Å². The number of sulfonamides is 2. The lowest BCUT2D eigenvalue weighted by atomic mass is 10.3. The molecule has 0 amide bonds. The van der Waals surface area contributed by atoms with E-state index in [4.69, 9.17) is 36.5 Å². The fourth-order valence-corrected chi connectivity index (χ4v) is 3.44. The molecule has 0 spiro atoms. The van der Waals surface area contributed by atoms with Crippen molar-refractivity contribution in [2.75, 3.05) is 5.32 Å². The Labute approximate surface area is 135 Å². The molecule has 128 valence electrons. The molecular weight excluding hydrogens is 378 g/mol. The van der Waals surface area contributed by atoms with Crippen molar-refractivity contribution in [2.45, 2.75) is 9.79 Å². The van der Waals surface area contributed by atoms with Gasteiger partial charge in [-0.3, -0.25) is 9.59 Å². The van der Waals surface area contributed by atoms with Crippen molar-refractivity contribution in [1.82, 2.24) is 0 Å². The minimum atomic E-state index is -4.09. The first kappa shape index (κ1) is 20.8. The number of benzene rings is 1. The minimum Gasteiger partial charge on any atom is -0.483 e. The van der Waals surface area contributed by atoms with Crippen LogP contribution in [0.2, 0.25) is 5.02 Å². The summed E-state index contributed by atoms with van der Waals surface area (Å²) in [6.45, 7) is -0.500. The minimum absolute atomic E-state index is 0.150. The number of halogens is 1. The van der Waals surface area contributed by atoms with Crippen LogP contribution in [0.5, 0.6) is 0 Å². The quantitative estimate of drug-likeness (QED) is 0.460. The third kappa shape index (κ3) is 5.82. The molecule has 1 aliphatic rings. The molecule has 23 heavy (non-hydrogen) atoms. The van der Waals surface area contributed by atoms with Crippen LogP contribution in [0.1, 0.15) is 0 Å². The third-order valence-corrected chi connectivity index (χ3v) is 4.68. The Morgan fingerprint density at radius 2 is 1.70 bits per heavy atom. The molecule has 0 saturated heterocycles. The first-order chi connectivity index (χ1) is 10.5. The highest BCUT2D eigenvalue weighted by Crippen LogP contribution is 2.33. The largest absolute Gasteiger partial charge is 0.483 e. The Kier molecular flexibility index (Phi) is 7.61. The number of carboxylic acid groups (broad SMARTS) is 2. The maximum Gasteiger partial charge on any atom is 0.290 e. The van der Waals surface area contributed by atoms with Crippen LogP contribution in [0.25, 0.3) is 0 Å². The van der Waals surface area contributed by atoms with Crippen molar-refractivity contribution in [2.24, 2.45) is 9.54 Å². The topological polar surface area (TPSA) is 193 Å². The van der Waals surface area contributed by atoms with Gasteiger partial charge in [0.15, 0.2) is 0 Å². The lowest BCUT2D eigenvalue weighted by Crippen LogP contribution is -2.16. The fourth-order valence-electron chi connectivity index (χ4n) is 1.30. The van der Waals surface area contributed by atoms with Gasteiger partial charge in [0.05, 0.1) is 10.7 Å². The number of anilines is 1. The van der Waals surface area contributed by atoms with E-state index in [-0.39, 0.29) is 28.5 Å². The fraction of sp³-hybridized carbons (Fsp3) is 0. The predicted octanol–water partition coefficient (Wildman–Crippen LogP) is -0.468. The molecule has 0 bridgehead atoms. The number of nitrogens with two attached hydrogens (primary N) is 1. The van der Waals surface area contributed by atoms with E-state index < -0.39 is 24.9 Å². The summed E-state index contributed by atoms with van der Waals surface area (Å²) in [4.78, 5) is 16.0. The van der Waals surface area contributed by atoms with E-state index in [0.717, 1.165) is 12.4 Å². The number of rotatable bonds is 1. The number of carbonyl (C=O) groups is 2. The van der Waals surface area contributed by atoms with Gasteiger partial charge < -0.3 is 15.5 Å². The molecule has 0 atom stereocenters. The Morgan fingerprint density at radius 3 is 2.13 bits per heavy atom. The number of hydrogen-bond acceptors (Lipinski definition) is 7. The number of primary sulfonamides is 1. The zero-order valence-corrected chi connectivity index (χ0v) is 13.3. The van der Waals surface area contributed by atoms with E-state index in [1.54, 1.807) is 0 Å². The molecular formula is C9H10ClN3O8S2. The van der Waals surface area contributed by atoms with Crippen molar-refractivity contribution < 1.29 is 36.6 Å². The zero-order valence-electron chi connectivity index (χ0n) is 10.9. The van der Waals surface area contributed by atoms with Crippen molar-refractivity contribution in [3.63, 3.8) is 0 Å². The summed E-state index contributed by atoms with van der Waals surface area (Å²) in [5, 5.41) is 21.1. The van der Waals surface area contributed by atoms with E-state index >= 15 is 0 Å². The monoisotopic (exact) mass is 387 g/mol. The van der Waals surface area contributed by atoms with E-state index in [1.807, 2.05) is 0 Å². The smallest absolute Gasteiger partial charge is 0.290 e. The second-order valence-electron chi connectivity index (χ2n) is 3.39. The Morgan fingerprint density at radius 1 is 1.22 bits per heavy atom. The number of fused-ring (bicyclic) bond motifs is 1. The summed E-state index contributed by atoms with van der Waals surface area (Å²) in [5.41, 5.74) is 0.150. The highest BCUT2D eigenvalue weighted by Gasteiger charge is 2.25. The van der Waals surface area contributed by atoms with Crippen LogP contribution >= 0.6 is 11.6 Å². The van der Waals surface area contributed by atoms with Gasteiger partial charge in [-0.15, -0.1) is 4.40 Å². The second kappa shape index (κ2) is 8.42. The van der Waals surface area contributed by atoms with Crippen LogP contribution < -0.4 is 10.5 Å². The van der Waals surface area contributed by atoms with Crippen molar-refractivity contribution >= 4 is 56.6 Å². The Bertz CT molecular complexity index is 813. The van der Waals surface area contributed by atoms with Gasteiger partial charge in [-0.1, -0.05) is 11.6 Å². The van der Waals surface area contributed by atoms with Gasteiger partial charge in [0.2, 0.25) is 10.0 Å². The molecule has 0 saturated carbocycles. The Balaban J connectivity index is 0.000000704. The summed E-state index contributed by atoms with van der Waals surface area (Å²) in [6, 6.07) is 2.05. The van der Waals surface area contributed by atoms with Gasteiger partial charge in [-0.2, -0.15) is 8.42 Å². The summed E-state index contributed by atoms with van der Waals surface area (Å²) in [7, 11) is -8.01. The van der Waals surface area contributed by atoms with Gasteiger partial charge in [-0.25, -0.2) is 13.6 Å². The molecule has 0 fully saturated rings. The molecule has 2 rings (SSSR count). The number of hydrogen-bond donors (Lipinski definition) is 4. The van der Waals surface area contributed by atoms with Crippen LogP contribution in [-0.2, 0) is 29.6 Å². The molecule has 0 aromatic heterocycles. The summed E-state index contributed by atoms with van der Waals surface area (Å²) >= 11 is 5.70. The number of nitrogens with one attached hydrogen (secondary N) is 1. The third-order valence-electron chi connectivity index (χ3n) is 2.03. The zero-order chi connectivity index (χ0) is 18.3. The SMILES string of the molecule is NS(=O)(=O)c1cc2c(cc1Cl)NC=NS2(=O)=O.O=CO.O=CO. The average molecular weight is 388 g/mol. The van der Waals surface area contributed by atoms with Crippen LogP contribution in [0.3, 0.4) is 0 Å². The average Bonchev–Trinajstić information content (AvgIpc) is 2.38. The second-order valence-corrected chi connectivity index (χ2v) is 6.93. The van der Waals surface area contributed by atoms with Crippen LogP contribution in [0.15, 0.2) is 26.3 Å².